The number of esters is 3. The van der Waals surface area contributed by atoms with E-state index in [4.69, 9.17) is 32.5 Å². The van der Waals surface area contributed by atoms with Gasteiger partial charge in [0, 0.05) is 20.8 Å². The Morgan fingerprint density at radius 3 is 1.85 bits per heavy atom. The highest BCUT2D eigenvalue weighted by molar-refractivity contribution is 7.48. The average molecular weight is 410 g/mol. The summed E-state index contributed by atoms with van der Waals surface area (Å²) in [6.07, 6.45) is -5.44. The molecule has 0 bridgehead atoms. The quantitative estimate of drug-likeness (QED) is 0.366. The number of rotatable bonds is 5. The lowest BCUT2D eigenvalue weighted by atomic mass is 9.99. The molecule has 0 N–H and O–H groups in total. The fourth-order valence-electron chi connectivity index (χ4n) is 2.69. The summed E-state index contributed by atoms with van der Waals surface area (Å²) < 4.78 is 49.2. The molecule has 2 fully saturated rings. The topological polar surface area (TPSA) is 133 Å². The van der Waals surface area contributed by atoms with Crippen molar-refractivity contribution in [3.63, 3.8) is 0 Å². The van der Waals surface area contributed by atoms with E-state index in [0.717, 1.165) is 13.8 Å². The SMILES string of the molecule is CC(=O)O[C@H]1[C@H](OC(C)=O)[C@H](OP2(=O)OCCCO2)O[C@@H](C)[C@H]1OC(C)=O. The van der Waals surface area contributed by atoms with Gasteiger partial charge in [-0.1, -0.05) is 0 Å². The summed E-state index contributed by atoms with van der Waals surface area (Å²) in [6.45, 7) is 5.27. The van der Waals surface area contributed by atoms with E-state index in [9.17, 15) is 18.9 Å². The summed E-state index contributed by atoms with van der Waals surface area (Å²) in [5, 5.41) is 0. The number of carbonyl (C=O) groups excluding carboxylic acids is 3. The van der Waals surface area contributed by atoms with Gasteiger partial charge in [0.1, 0.15) is 0 Å². The molecule has 2 heterocycles. The Morgan fingerprint density at radius 1 is 0.852 bits per heavy atom. The van der Waals surface area contributed by atoms with Crippen LogP contribution < -0.4 is 0 Å². The first-order chi connectivity index (χ1) is 12.6. The molecular weight excluding hydrogens is 387 g/mol. The van der Waals surface area contributed by atoms with Crippen molar-refractivity contribution in [1.29, 1.82) is 0 Å². The molecule has 27 heavy (non-hydrogen) atoms. The molecule has 2 saturated heterocycles. The molecule has 0 spiro atoms. The van der Waals surface area contributed by atoms with Gasteiger partial charge in [0.25, 0.3) is 0 Å². The van der Waals surface area contributed by atoms with Crippen LogP contribution >= 0.6 is 7.82 Å². The predicted octanol–water partition coefficient (Wildman–Crippen LogP) is 1.09. The minimum absolute atomic E-state index is 0.154. The Morgan fingerprint density at radius 2 is 1.33 bits per heavy atom. The van der Waals surface area contributed by atoms with E-state index in [1.165, 1.54) is 13.8 Å². The molecule has 2 rings (SSSR count). The largest absolute Gasteiger partial charge is 0.477 e. The highest BCUT2D eigenvalue weighted by Gasteiger charge is 2.53. The molecule has 2 aliphatic heterocycles. The maximum absolute atomic E-state index is 12.5. The van der Waals surface area contributed by atoms with Crippen LogP contribution in [0, 0.1) is 0 Å². The lowest BCUT2D eigenvalue weighted by Gasteiger charge is -2.43. The Bertz CT molecular complexity index is 611. The molecule has 2 aliphatic rings. The van der Waals surface area contributed by atoms with Crippen molar-refractivity contribution in [2.75, 3.05) is 13.2 Å². The van der Waals surface area contributed by atoms with Gasteiger partial charge in [-0.15, -0.1) is 0 Å². The zero-order valence-corrected chi connectivity index (χ0v) is 16.3. The normalized spacial score (nSPS) is 33.0. The van der Waals surface area contributed by atoms with Crippen molar-refractivity contribution in [2.24, 2.45) is 0 Å². The van der Waals surface area contributed by atoms with Crippen molar-refractivity contribution in [2.45, 2.75) is 64.8 Å². The molecule has 0 aromatic rings. The molecule has 0 aliphatic carbocycles. The second kappa shape index (κ2) is 9.11. The van der Waals surface area contributed by atoms with Crippen molar-refractivity contribution >= 4 is 25.7 Å². The van der Waals surface area contributed by atoms with Gasteiger partial charge in [0.05, 0.1) is 19.3 Å². The van der Waals surface area contributed by atoms with E-state index < -0.39 is 56.4 Å². The smallest absolute Gasteiger partial charge is 0.456 e. The monoisotopic (exact) mass is 410 g/mol. The first-order valence-electron chi connectivity index (χ1n) is 8.36. The maximum Gasteiger partial charge on any atom is 0.477 e. The van der Waals surface area contributed by atoms with Gasteiger partial charge in [0.2, 0.25) is 6.29 Å². The lowest BCUT2D eigenvalue weighted by molar-refractivity contribution is -0.284. The van der Waals surface area contributed by atoms with Crippen LogP contribution in [0.25, 0.3) is 0 Å². The van der Waals surface area contributed by atoms with Gasteiger partial charge in [0.15, 0.2) is 18.3 Å². The molecule has 5 atom stereocenters. The third-order valence-electron chi connectivity index (χ3n) is 3.65. The van der Waals surface area contributed by atoms with Crippen LogP contribution in [-0.2, 0) is 51.5 Å². The summed E-state index contributed by atoms with van der Waals surface area (Å²) in [5.41, 5.74) is 0. The van der Waals surface area contributed by atoms with E-state index in [1.54, 1.807) is 0 Å². The van der Waals surface area contributed by atoms with Crippen LogP contribution in [0.5, 0.6) is 0 Å². The number of ether oxygens (including phenoxy) is 4. The standard InChI is InChI=1S/C15H23O11P/c1-8-12(23-9(2)16)13(24-10(3)17)14(25-11(4)18)15(22-8)26-27(19)20-6-5-7-21-27/h8,12-15H,5-7H2,1-4H3/t8-,12+,13+,14-,15-/m0/s1. The first-order valence-corrected chi connectivity index (χ1v) is 9.82. The van der Waals surface area contributed by atoms with Gasteiger partial charge >= 0.3 is 25.7 Å². The molecule has 0 unspecified atom stereocenters. The molecule has 11 nitrogen and oxygen atoms in total. The average Bonchev–Trinajstić information content (AvgIpc) is 2.54. The van der Waals surface area contributed by atoms with Crippen LogP contribution in [0.2, 0.25) is 0 Å². The first kappa shape index (κ1) is 21.8. The molecule has 0 radical (unpaired) electrons. The number of carbonyl (C=O) groups is 3. The highest BCUT2D eigenvalue weighted by Crippen LogP contribution is 2.54. The van der Waals surface area contributed by atoms with E-state index in [1.807, 2.05) is 0 Å². The van der Waals surface area contributed by atoms with Crippen LogP contribution in [0.3, 0.4) is 0 Å². The van der Waals surface area contributed by atoms with E-state index in [0.29, 0.717) is 6.42 Å². The highest BCUT2D eigenvalue weighted by atomic mass is 31.2. The summed E-state index contributed by atoms with van der Waals surface area (Å²) in [4.78, 5) is 34.5. The summed E-state index contributed by atoms with van der Waals surface area (Å²) in [5.74, 6) is -2.10. The Labute approximate surface area is 156 Å². The summed E-state index contributed by atoms with van der Waals surface area (Å²) >= 11 is 0. The number of hydrogen-bond acceptors (Lipinski definition) is 11. The van der Waals surface area contributed by atoms with Gasteiger partial charge in [-0.2, -0.15) is 0 Å². The second-order valence-corrected chi connectivity index (χ2v) is 7.63. The van der Waals surface area contributed by atoms with Crippen molar-refractivity contribution in [1.82, 2.24) is 0 Å². The minimum Gasteiger partial charge on any atom is -0.456 e. The van der Waals surface area contributed by atoms with Gasteiger partial charge in [-0.05, 0) is 13.3 Å². The van der Waals surface area contributed by atoms with Crippen LogP contribution in [0.4, 0.5) is 0 Å². The predicted molar refractivity (Wildman–Crippen MR) is 86.2 cm³/mol. The lowest BCUT2D eigenvalue weighted by Crippen LogP contribution is -2.61. The zero-order valence-electron chi connectivity index (χ0n) is 15.4. The fourth-order valence-corrected chi connectivity index (χ4v) is 4.02. The van der Waals surface area contributed by atoms with Crippen LogP contribution in [0.15, 0.2) is 0 Å². The summed E-state index contributed by atoms with van der Waals surface area (Å²) in [6, 6.07) is 0. The zero-order chi connectivity index (χ0) is 20.2. The summed E-state index contributed by atoms with van der Waals surface area (Å²) in [7, 11) is -3.96. The number of phosphoric ester groups is 1. The Kier molecular flexibility index (Phi) is 7.35. The maximum atomic E-state index is 12.5. The number of phosphoric acid groups is 1. The third-order valence-corrected chi connectivity index (χ3v) is 5.12. The molecule has 154 valence electrons. The van der Waals surface area contributed by atoms with E-state index >= 15 is 0 Å². The Balaban J connectivity index is 2.31. The van der Waals surface area contributed by atoms with Crippen molar-refractivity contribution in [3.05, 3.63) is 0 Å². The minimum atomic E-state index is -3.96. The fraction of sp³-hybridized carbons (Fsp3) is 0.800. The van der Waals surface area contributed by atoms with Crippen LogP contribution in [-0.4, -0.2) is 61.8 Å². The number of hydrogen-bond donors (Lipinski definition) is 0. The van der Waals surface area contributed by atoms with E-state index in [2.05, 4.69) is 0 Å². The molecule has 0 aromatic heterocycles. The second-order valence-electron chi connectivity index (χ2n) is 6.00. The van der Waals surface area contributed by atoms with Gasteiger partial charge in [-0.3, -0.25) is 28.0 Å². The van der Waals surface area contributed by atoms with Crippen molar-refractivity contribution in [3.8, 4) is 0 Å². The van der Waals surface area contributed by atoms with Gasteiger partial charge < -0.3 is 18.9 Å². The van der Waals surface area contributed by atoms with Crippen LogP contribution in [0.1, 0.15) is 34.1 Å². The third kappa shape index (κ3) is 5.98. The Hall–Kier alpha value is -1.52. The molecule has 0 amide bonds. The van der Waals surface area contributed by atoms with Crippen molar-refractivity contribution < 1.29 is 51.5 Å². The van der Waals surface area contributed by atoms with E-state index in [-0.39, 0.29) is 13.2 Å². The molecule has 0 aromatic carbocycles. The molecular formula is C15H23O11P. The van der Waals surface area contributed by atoms with Gasteiger partial charge in [-0.25, -0.2) is 4.57 Å². The molecule has 12 heteroatoms. The molecule has 0 saturated carbocycles.